The van der Waals surface area contributed by atoms with E-state index in [0.717, 1.165) is 0 Å². The van der Waals surface area contributed by atoms with E-state index in [-0.39, 0.29) is 0 Å². The summed E-state index contributed by atoms with van der Waals surface area (Å²) >= 11 is 0. The predicted octanol–water partition coefficient (Wildman–Crippen LogP) is -1.23. The van der Waals surface area contributed by atoms with Crippen LogP contribution in [0.15, 0.2) is 0 Å². The van der Waals surface area contributed by atoms with Crippen LogP contribution in [0.2, 0.25) is 0 Å². The summed E-state index contributed by atoms with van der Waals surface area (Å²) in [6, 6.07) is 0. The molecule has 0 unspecified atom stereocenters. The van der Waals surface area contributed by atoms with Crippen molar-refractivity contribution in [3.63, 3.8) is 0 Å². The normalized spacial score (nSPS) is 13.1. The molecule has 0 aliphatic carbocycles. The van der Waals surface area contributed by atoms with Gasteiger partial charge in [0.2, 0.25) is 0 Å². The Morgan fingerprint density at radius 1 is 0.529 bits per heavy atom. The number of hydrogen-bond donors (Lipinski definition) is 0. The Morgan fingerprint density at radius 2 is 0.765 bits per heavy atom. The zero-order valence-corrected chi connectivity index (χ0v) is 14.4. The van der Waals surface area contributed by atoms with E-state index in [1.54, 1.807) is 0 Å². The molecule has 0 amide bonds. The molecular weight excluding hydrogens is 284 g/mol. The van der Waals surface area contributed by atoms with Crippen molar-refractivity contribution in [2.75, 3.05) is 42.7 Å². The van der Waals surface area contributed by atoms with Gasteiger partial charge in [0, 0.05) is 42.7 Å². The fourth-order valence-electron chi connectivity index (χ4n) is 1.03. The van der Waals surface area contributed by atoms with Crippen LogP contribution in [0.3, 0.4) is 0 Å². The van der Waals surface area contributed by atoms with E-state index in [0.29, 0.717) is 0 Å². The van der Waals surface area contributed by atoms with Gasteiger partial charge in [-0.25, -0.2) is 0 Å². The molecule has 8 nitrogen and oxygen atoms in total. The number of hydrogen-bond acceptors (Lipinski definition) is 8. The average molecular weight is 304 g/mol. The highest BCUT2D eigenvalue weighted by molar-refractivity contribution is 6.63. The van der Waals surface area contributed by atoms with Crippen molar-refractivity contribution in [3.05, 3.63) is 0 Å². The van der Waals surface area contributed by atoms with Crippen LogP contribution < -0.4 is 0 Å². The molecule has 0 fully saturated rings. The first-order valence-electron chi connectivity index (χ1n) is 4.66. The van der Waals surface area contributed by atoms with E-state index in [9.17, 15) is 0 Å². The van der Waals surface area contributed by atoms with Crippen molar-refractivity contribution in [2.45, 2.75) is 0 Å². The molecular formula is C6H20O8Si3. The Morgan fingerprint density at radius 3 is 0.941 bits per heavy atom. The van der Waals surface area contributed by atoms with Gasteiger partial charge in [-0.05, 0) is 0 Å². The molecule has 0 aromatic rings. The molecule has 0 heterocycles. The van der Waals surface area contributed by atoms with Gasteiger partial charge >= 0.3 is 18.1 Å². The summed E-state index contributed by atoms with van der Waals surface area (Å²) in [6.45, 7) is 0. The van der Waals surface area contributed by atoms with Crippen molar-refractivity contribution < 1.29 is 34.8 Å². The van der Waals surface area contributed by atoms with Gasteiger partial charge in [0.25, 0.3) is 10.0 Å². The lowest BCUT2D eigenvalue weighted by Crippen LogP contribution is -2.52. The summed E-state index contributed by atoms with van der Waals surface area (Å²) in [4.78, 5) is 0. The lowest BCUT2D eigenvalue weighted by atomic mass is 11.8. The first-order chi connectivity index (χ1) is 8.07. The lowest BCUT2D eigenvalue weighted by molar-refractivity contribution is 0.0270. The maximum Gasteiger partial charge on any atom is 0.669 e. The summed E-state index contributed by atoms with van der Waals surface area (Å²) in [6.07, 6.45) is 0. The first-order valence-corrected chi connectivity index (χ1v) is 9.08. The third-order valence-corrected chi connectivity index (χ3v) is 8.74. The average Bonchev–Trinajstić information content (AvgIpc) is 2.41. The van der Waals surface area contributed by atoms with Crippen molar-refractivity contribution in [2.24, 2.45) is 0 Å². The van der Waals surface area contributed by atoms with Gasteiger partial charge in [-0.15, -0.1) is 0 Å². The van der Waals surface area contributed by atoms with E-state index >= 15 is 0 Å². The molecule has 0 saturated heterocycles. The minimum absolute atomic E-state index is 1.45. The van der Waals surface area contributed by atoms with Crippen LogP contribution in [0.25, 0.3) is 0 Å². The van der Waals surface area contributed by atoms with Crippen LogP contribution in [0.4, 0.5) is 0 Å². The maximum absolute atomic E-state index is 5.42. The molecule has 0 saturated carbocycles. The van der Waals surface area contributed by atoms with Gasteiger partial charge in [-0.1, -0.05) is 0 Å². The summed E-state index contributed by atoms with van der Waals surface area (Å²) in [5.41, 5.74) is 0. The van der Waals surface area contributed by atoms with E-state index < -0.39 is 28.1 Å². The van der Waals surface area contributed by atoms with Crippen LogP contribution >= 0.6 is 0 Å². The largest absolute Gasteiger partial charge is 0.669 e. The molecule has 0 aliphatic rings. The summed E-state index contributed by atoms with van der Waals surface area (Å²) in [5.74, 6) is 0. The quantitative estimate of drug-likeness (QED) is 0.465. The van der Waals surface area contributed by atoms with E-state index in [1.165, 1.54) is 42.7 Å². The van der Waals surface area contributed by atoms with Crippen LogP contribution in [0, 0.1) is 0 Å². The van der Waals surface area contributed by atoms with Crippen molar-refractivity contribution >= 4 is 28.1 Å². The highest BCUT2D eigenvalue weighted by atomic mass is 28.5. The Balaban J connectivity index is 4.28. The van der Waals surface area contributed by atoms with Crippen molar-refractivity contribution in [1.82, 2.24) is 0 Å². The Hall–Kier alpha value is 0.331. The first kappa shape index (κ1) is 17.3. The summed E-state index contributed by atoms with van der Waals surface area (Å²) in [7, 11) is 1.06. The van der Waals surface area contributed by atoms with Gasteiger partial charge in [0.15, 0.2) is 0 Å². The zero-order chi connectivity index (χ0) is 13.4. The van der Waals surface area contributed by atoms with Crippen LogP contribution in [-0.2, 0) is 34.8 Å². The van der Waals surface area contributed by atoms with Crippen LogP contribution in [0.1, 0.15) is 0 Å². The van der Waals surface area contributed by atoms with Gasteiger partial charge in [0.05, 0.1) is 0 Å². The van der Waals surface area contributed by atoms with Gasteiger partial charge < -0.3 is 34.8 Å². The molecule has 0 spiro atoms. The summed E-state index contributed by atoms with van der Waals surface area (Å²) in [5, 5.41) is 0. The number of rotatable bonds is 10. The third kappa shape index (κ3) is 4.84. The molecule has 104 valence electrons. The van der Waals surface area contributed by atoms with Crippen LogP contribution in [0.5, 0.6) is 0 Å². The van der Waals surface area contributed by atoms with E-state index in [1.807, 2.05) is 0 Å². The SMILES string of the molecule is CO[Si](OC)(OC)O[SiH2]O[Si](OC)(OC)OC. The zero-order valence-electron chi connectivity index (χ0n) is 11.0. The molecule has 0 radical (unpaired) electrons. The van der Waals surface area contributed by atoms with Gasteiger partial charge in [0.1, 0.15) is 0 Å². The highest BCUT2D eigenvalue weighted by Gasteiger charge is 2.46. The monoisotopic (exact) mass is 304 g/mol. The molecule has 0 bridgehead atoms. The maximum atomic E-state index is 5.42. The van der Waals surface area contributed by atoms with Crippen LogP contribution in [-0.4, -0.2) is 70.8 Å². The Kier molecular flexibility index (Phi) is 8.60. The fourth-order valence-corrected chi connectivity index (χ4v) is 6.78. The topological polar surface area (TPSA) is 73.8 Å². The minimum atomic E-state index is -3.06. The van der Waals surface area contributed by atoms with Gasteiger partial charge in [-0.2, -0.15) is 0 Å². The third-order valence-electron chi connectivity index (χ3n) is 1.97. The molecule has 0 rings (SSSR count). The molecule has 0 aliphatic heterocycles. The highest BCUT2D eigenvalue weighted by Crippen LogP contribution is 2.10. The smallest absolute Gasteiger partial charge is 0.375 e. The molecule has 0 atom stereocenters. The Bertz CT molecular complexity index is 161. The molecule has 0 aromatic carbocycles. The second-order valence-electron chi connectivity index (χ2n) is 2.63. The van der Waals surface area contributed by atoms with E-state index in [4.69, 9.17) is 34.8 Å². The fraction of sp³-hybridized carbons (Fsp3) is 1.00. The predicted molar refractivity (Wildman–Crippen MR) is 64.3 cm³/mol. The van der Waals surface area contributed by atoms with E-state index in [2.05, 4.69) is 0 Å². The minimum Gasteiger partial charge on any atom is -0.375 e. The standard InChI is InChI=1S/C6H20O8Si3/c1-7-16(8-2,9-3)13-15-14-17(10-4,11-5)12-6/h15H2,1-6H3. The Labute approximate surface area is 106 Å². The second kappa shape index (κ2) is 8.44. The van der Waals surface area contributed by atoms with Crippen molar-refractivity contribution in [3.8, 4) is 0 Å². The molecule has 0 N–H and O–H groups in total. The molecule has 0 aromatic heterocycles. The molecule has 17 heavy (non-hydrogen) atoms. The lowest BCUT2D eigenvalue weighted by Gasteiger charge is -2.26. The van der Waals surface area contributed by atoms with Gasteiger partial charge in [-0.3, -0.25) is 0 Å². The molecule has 11 heteroatoms. The summed E-state index contributed by atoms with van der Waals surface area (Å²) < 4.78 is 41.3. The second-order valence-corrected chi connectivity index (χ2v) is 9.63. The van der Waals surface area contributed by atoms with Crippen molar-refractivity contribution in [1.29, 1.82) is 0 Å².